The van der Waals surface area contributed by atoms with E-state index in [1.54, 1.807) is 12.1 Å². The predicted molar refractivity (Wildman–Crippen MR) is 133 cm³/mol. The quantitative estimate of drug-likeness (QED) is 0.406. The van der Waals surface area contributed by atoms with Crippen LogP contribution in [0.3, 0.4) is 0 Å². The van der Waals surface area contributed by atoms with Crippen molar-refractivity contribution < 1.29 is 0 Å². The molecule has 2 aromatic heterocycles. The molecule has 1 radical (unpaired) electrons. The number of aromatic nitrogens is 4. The van der Waals surface area contributed by atoms with Crippen molar-refractivity contribution >= 4 is 45.7 Å². The van der Waals surface area contributed by atoms with Crippen LogP contribution in [0.2, 0.25) is 10.0 Å². The van der Waals surface area contributed by atoms with E-state index in [4.69, 9.17) is 28.2 Å². The lowest BCUT2D eigenvalue weighted by Gasteiger charge is -2.47. The molecule has 2 aliphatic heterocycles. The molecule has 0 aliphatic carbocycles. The molecule has 0 N–H and O–H groups in total. The van der Waals surface area contributed by atoms with Crippen LogP contribution in [-0.4, -0.2) is 45.9 Å². The molecule has 167 valence electrons. The number of rotatable bonds is 3. The van der Waals surface area contributed by atoms with E-state index in [0.29, 0.717) is 21.9 Å². The van der Waals surface area contributed by atoms with Crippen LogP contribution in [0.25, 0.3) is 16.7 Å². The van der Waals surface area contributed by atoms with Crippen LogP contribution < -0.4 is 9.80 Å². The van der Waals surface area contributed by atoms with Gasteiger partial charge in [0.2, 0.25) is 0 Å². The van der Waals surface area contributed by atoms with E-state index in [1.165, 1.54) is 17.7 Å². The highest BCUT2D eigenvalue weighted by Crippen LogP contribution is 2.36. The van der Waals surface area contributed by atoms with Gasteiger partial charge < -0.3 is 9.80 Å². The lowest BCUT2D eigenvalue weighted by molar-refractivity contribution is 0.275. The number of piperidine rings is 2. The lowest BCUT2D eigenvalue weighted by Crippen LogP contribution is -2.53. The fourth-order valence-electron chi connectivity index (χ4n) is 5.22. The van der Waals surface area contributed by atoms with E-state index in [-0.39, 0.29) is 0 Å². The topological polar surface area (TPSA) is 50.1 Å². The van der Waals surface area contributed by atoms with Crippen molar-refractivity contribution in [1.82, 2.24) is 19.7 Å². The van der Waals surface area contributed by atoms with Crippen LogP contribution in [0, 0.1) is 24.8 Å². The second kappa shape index (κ2) is 8.19. The number of nitrogens with zero attached hydrogens (tertiary/aromatic N) is 6. The van der Waals surface area contributed by atoms with Gasteiger partial charge in [0.1, 0.15) is 5.82 Å². The summed E-state index contributed by atoms with van der Waals surface area (Å²) in [4.78, 5) is 14.3. The molecule has 6 nitrogen and oxygen atoms in total. The number of hydrogen-bond acceptors (Lipinski definition) is 5. The Kier molecular flexibility index (Phi) is 5.15. The van der Waals surface area contributed by atoms with E-state index in [9.17, 15) is 0 Å². The monoisotopic (exact) mass is 477 g/mol. The minimum atomic E-state index is 0.502. The van der Waals surface area contributed by atoms with Gasteiger partial charge in [0.05, 0.1) is 38.7 Å². The molecular formula is C25H23Cl2N6. The van der Waals surface area contributed by atoms with Crippen LogP contribution in [0.5, 0.6) is 0 Å². The zero-order chi connectivity index (χ0) is 22.5. The average molecular weight is 478 g/mol. The minimum Gasteiger partial charge on any atom is -0.369 e. The van der Waals surface area contributed by atoms with Crippen molar-refractivity contribution in [2.75, 3.05) is 36.0 Å². The molecule has 0 spiro atoms. The Hall–Kier alpha value is -2.83. The maximum absolute atomic E-state index is 6.21. The second-order valence-corrected chi connectivity index (χ2v) is 9.94. The molecule has 4 aromatic rings. The van der Waals surface area contributed by atoms with Gasteiger partial charge in [-0.05, 0) is 61.1 Å². The fourth-order valence-corrected chi connectivity index (χ4v) is 5.54. The summed E-state index contributed by atoms with van der Waals surface area (Å²) in [5.74, 6) is 2.01. The van der Waals surface area contributed by atoms with Crippen molar-refractivity contribution in [1.29, 1.82) is 0 Å². The summed E-state index contributed by atoms with van der Waals surface area (Å²) >= 11 is 12.3. The predicted octanol–water partition coefficient (Wildman–Crippen LogP) is 5.19. The molecule has 2 atom stereocenters. The molecule has 6 rings (SSSR count). The van der Waals surface area contributed by atoms with Crippen LogP contribution in [-0.2, 0) is 0 Å². The summed E-state index contributed by atoms with van der Waals surface area (Å²) in [6.45, 7) is 6.04. The van der Waals surface area contributed by atoms with Gasteiger partial charge >= 0.3 is 0 Å². The average Bonchev–Trinajstić information content (AvgIpc) is 3.33. The van der Waals surface area contributed by atoms with E-state index < -0.39 is 0 Å². The Morgan fingerprint density at radius 2 is 1.70 bits per heavy atom. The lowest BCUT2D eigenvalue weighted by atomic mass is 9.84. The first-order valence-corrected chi connectivity index (χ1v) is 11.9. The van der Waals surface area contributed by atoms with E-state index >= 15 is 0 Å². The standard InChI is InChI=1S/C25H23Cl2N6/c1-16-3-4-23(33-6-2-5-29-33)24(7-16)31-12-17-8-18(13-31)15-32(14-17)25-11-28-21-9-19(26)20(27)10-22(21)30-25/h2-3,5-7,9-11,17-18H,8,12-15H2,1H3. The third-order valence-corrected chi connectivity index (χ3v) is 7.32. The SMILES string of the molecule is Cc1c[c]c(-n2cccn2)c(N2CC3CC(CN(c4cnc5cc(Cl)c(Cl)cc5n4)C3)C2)c1. The molecular weight excluding hydrogens is 455 g/mol. The highest BCUT2D eigenvalue weighted by molar-refractivity contribution is 6.42. The van der Waals surface area contributed by atoms with Gasteiger partial charge in [0.25, 0.3) is 0 Å². The van der Waals surface area contributed by atoms with Crippen LogP contribution in [0.1, 0.15) is 12.0 Å². The number of benzene rings is 2. The van der Waals surface area contributed by atoms with E-state index in [2.05, 4.69) is 38.9 Å². The Morgan fingerprint density at radius 3 is 2.42 bits per heavy atom. The number of hydrogen-bond donors (Lipinski definition) is 0. The third kappa shape index (κ3) is 3.91. The van der Waals surface area contributed by atoms with Gasteiger partial charge in [0.15, 0.2) is 0 Å². The maximum Gasteiger partial charge on any atom is 0.147 e. The molecule has 2 fully saturated rings. The molecule has 2 aliphatic rings. The number of anilines is 2. The highest BCUT2D eigenvalue weighted by atomic mass is 35.5. The maximum atomic E-state index is 6.21. The molecule has 2 aromatic carbocycles. The van der Waals surface area contributed by atoms with Crippen LogP contribution in [0.15, 0.2) is 48.9 Å². The molecule has 2 unspecified atom stereocenters. The smallest absolute Gasteiger partial charge is 0.147 e. The van der Waals surface area contributed by atoms with Gasteiger partial charge in [-0.1, -0.05) is 23.2 Å². The van der Waals surface area contributed by atoms with Crippen molar-refractivity contribution in [2.24, 2.45) is 11.8 Å². The van der Waals surface area contributed by atoms with Crippen molar-refractivity contribution in [3.63, 3.8) is 0 Å². The first-order valence-electron chi connectivity index (χ1n) is 11.2. The zero-order valence-electron chi connectivity index (χ0n) is 18.2. The first-order chi connectivity index (χ1) is 16.0. The largest absolute Gasteiger partial charge is 0.369 e. The van der Waals surface area contributed by atoms with Gasteiger partial charge in [-0.3, -0.25) is 4.98 Å². The van der Waals surface area contributed by atoms with E-state index in [1.807, 2.05) is 35.4 Å². The van der Waals surface area contributed by atoms with E-state index in [0.717, 1.165) is 48.7 Å². The third-order valence-electron chi connectivity index (χ3n) is 6.59. The summed E-state index contributed by atoms with van der Waals surface area (Å²) in [6, 6.07) is 13.3. The normalized spacial score (nSPS) is 20.5. The summed E-state index contributed by atoms with van der Waals surface area (Å²) in [6.07, 6.45) is 6.89. The summed E-state index contributed by atoms with van der Waals surface area (Å²) in [5.41, 5.74) is 4.97. The summed E-state index contributed by atoms with van der Waals surface area (Å²) < 4.78 is 1.91. The van der Waals surface area contributed by atoms with Crippen LogP contribution >= 0.6 is 23.2 Å². The zero-order valence-corrected chi connectivity index (χ0v) is 19.8. The molecule has 2 bridgehead atoms. The van der Waals surface area contributed by atoms with Crippen molar-refractivity contribution in [3.8, 4) is 5.69 Å². The number of aryl methyl sites for hydroxylation is 1. The van der Waals surface area contributed by atoms with Gasteiger partial charge in [-0.2, -0.15) is 5.10 Å². The van der Waals surface area contributed by atoms with Gasteiger partial charge in [-0.25, -0.2) is 9.67 Å². The molecule has 0 saturated carbocycles. The van der Waals surface area contributed by atoms with Crippen molar-refractivity contribution in [3.05, 3.63) is 70.6 Å². The number of fused-ring (bicyclic) bond motifs is 3. The Labute approximate surface area is 202 Å². The Balaban J connectivity index is 1.26. The fraction of sp³-hybridized carbons (Fsp3) is 0.320. The van der Waals surface area contributed by atoms with Crippen molar-refractivity contribution in [2.45, 2.75) is 13.3 Å². The molecule has 8 heteroatoms. The Morgan fingerprint density at radius 1 is 0.970 bits per heavy atom. The van der Waals surface area contributed by atoms with Gasteiger partial charge in [-0.15, -0.1) is 0 Å². The second-order valence-electron chi connectivity index (χ2n) is 9.12. The molecule has 2 saturated heterocycles. The Bertz CT molecular complexity index is 1310. The van der Waals surface area contributed by atoms with Crippen LogP contribution in [0.4, 0.5) is 11.5 Å². The van der Waals surface area contributed by atoms with Gasteiger partial charge in [0, 0.05) is 44.6 Å². The summed E-state index contributed by atoms with van der Waals surface area (Å²) in [7, 11) is 0. The first kappa shape index (κ1) is 20.8. The minimum absolute atomic E-state index is 0.502. The molecule has 4 heterocycles. The highest BCUT2D eigenvalue weighted by Gasteiger charge is 2.35. The molecule has 0 amide bonds. The number of halogens is 2. The summed E-state index contributed by atoms with van der Waals surface area (Å²) in [5, 5.41) is 5.46. The molecule has 33 heavy (non-hydrogen) atoms.